The van der Waals surface area contributed by atoms with Crippen LogP contribution in [0.3, 0.4) is 0 Å². The highest BCUT2D eigenvalue weighted by atomic mass is 14.6. The highest BCUT2D eigenvalue weighted by Crippen LogP contribution is 2.20. The van der Waals surface area contributed by atoms with Crippen LogP contribution in [0.5, 0.6) is 0 Å². The number of nitrogen functional groups attached to an aromatic ring is 1. The molecule has 1 aromatic rings. The highest BCUT2D eigenvalue weighted by molar-refractivity contribution is 5.55. The second-order valence-corrected chi connectivity index (χ2v) is 3.59. The van der Waals surface area contributed by atoms with Crippen LogP contribution in [0.2, 0.25) is 0 Å². The van der Waals surface area contributed by atoms with Gasteiger partial charge in [0.05, 0.1) is 0 Å². The van der Waals surface area contributed by atoms with Gasteiger partial charge in [-0.15, -0.1) is 0 Å². The summed E-state index contributed by atoms with van der Waals surface area (Å²) in [6.07, 6.45) is 3.39. The van der Waals surface area contributed by atoms with Gasteiger partial charge in [-0.3, -0.25) is 0 Å². The Kier molecular flexibility index (Phi) is 3.35. The molecular weight excluding hydrogens is 158 g/mol. The van der Waals surface area contributed by atoms with Crippen LogP contribution in [0.4, 0.5) is 5.69 Å². The SMILES string of the molecule is CCCc1cc(C)c(N)c(CC)c1. The maximum atomic E-state index is 5.96. The molecular formula is C12H19N. The summed E-state index contributed by atoms with van der Waals surface area (Å²) in [5, 5.41) is 0. The van der Waals surface area contributed by atoms with Gasteiger partial charge in [0.15, 0.2) is 0 Å². The van der Waals surface area contributed by atoms with Gasteiger partial charge in [-0.05, 0) is 36.5 Å². The second-order valence-electron chi connectivity index (χ2n) is 3.59. The molecule has 1 rings (SSSR count). The van der Waals surface area contributed by atoms with Crippen molar-refractivity contribution in [3.63, 3.8) is 0 Å². The lowest BCUT2D eigenvalue weighted by molar-refractivity contribution is 0.916. The van der Waals surface area contributed by atoms with E-state index in [1.807, 2.05) is 0 Å². The van der Waals surface area contributed by atoms with Crippen LogP contribution in [-0.4, -0.2) is 0 Å². The fraction of sp³-hybridized carbons (Fsp3) is 0.500. The van der Waals surface area contributed by atoms with Crippen molar-refractivity contribution in [1.29, 1.82) is 0 Å². The van der Waals surface area contributed by atoms with Gasteiger partial charge in [0, 0.05) is 5.69 Å². The summed E-state index contributed by atoms with van der Waals surface area (Å²) in [7, 11) is 0. The second kappa shape index (κ2) is 4.31. The quantitative estimate of drug-likeness (QED) is 0.705. The summed E-state index contributed by atoms with van der Waals surface area (Å²) >= 11 is 0. The molecule has 0 unspecified atom stereocenters. The van der Waals surface area contributed by atoms with Crippen molar-refractivity contribution in [2.24, 2.45) is 0 Å². The zero-order valence-corrected chi connectivity index (χ0v) is 8.85. The third-order valence-electron chi connectivity index (χ3n) is 2.45. The molecule has 0 radical (unpaired) electrons. The first-order valence-corrected chi connectivity index (χ1v) is 5.06. The van der Waals surface area contributed by atoms with Crippen molar-refractivity contribution in [3.8, 4) is 0 Å². The van der Waals surface area contributed by atoms with E-state index in [-0.39, 0.29) is 0 Å². The third-order valence-corrected chi connectivity index (χ3v) is 2.45. The lowest BCUT2D eigenvalue weighted by Crippen LogP contribution is -1.98. The Bertz CT molecular complexity index is 289. The van der Waals surface area contributed by atoms with E-state index >= 15 is 0 Å². The van der Waals surface area contributed by atoms with Gasteiger partial charge in [-0.1, -0.05) is 32.4 Å². The lowest BCUT2D eigenvalue weighted by Gasteiger charge is -2.09. The zero-order chi connectivity index (χ0) is 9.84. The predicted molar refractivity (Wildman–Crippen MR) is 59.0 cm³/mol. The fourth-order valence-electron chi connectivity index (χ4n) is 1.68. The number of hydrogen-bond donors (Lipinski definition) is 1. The molecule has 1 aromatic carbocycles. The Balaban J connectivity index is 3.06. The summed E-state index contributed by atoms with van der Waals surface area (Å²) in [6.45, 7) is 6.45. The Hall–Kier alpha value is -0.980. The van der Waals surface area contributed by atoms with Crippen molar-refractivity contribution in [2.45, 2.75) is 40.0 Å². The molecule has 0 amide bonds. The first-order chi connectivity index (χ1) is 6.19. The Morgan fingerprint density at radius 3 is 2.46 bits per heavy atom. The van der Waals surface area contributed by atoms with Gasteiger partial charge in [-0.25, -0.2) is 0 Å². The Labute approximate surface area is 81.0 Å². The minimum absolute atomic E-state index is 0.974. The van der Waals surface area contributed by atoms with E-state index in [9.17, 15) is 0 Å². The maximum absolute atomic E-state index is 5.96. The van der Waals surface area contributed by atoms with Crippen LogP contribution in [0, 0.1) is 6.92 Å². The number of hydrogen-bond acceptors (Lipinski definition) is 1. The van der Waals surface area contributed by atoms with E-state index in [0.717, 1.165) is 18.5 Å². The van der Waals surface area contributed by atoms with E-state index in [1.54, 1.807) is 0 Å². The number of anilines is 1. The van der Waals surface area contributed by atoms with Crippen molar-refractivity contribution < 1.29 is 0 Å². The maximum Gasteiger partial charge on any atom is 0.0376 e. The van der Waals surface area contributed by atoms with Crippen LogP contribution in [0.25, 0.3) is 0 Å². The molecule has 0 atom stereocenters. The molecule has 0 saturated heterocycles. The Morgan fingerprint density at radius 1 is 1.23 bits per heavy atom. The van der Waals surface area contributed by atoms with Crippen molar-refractivity contribution >= 4 is 5.69 Å². The van der Waals surface area contributed by atoms with Crippen LogP contribution < -0.4 is 5.73 Å². The average Bonchev–Trinajstić information content (AvgIpc) is 2.11. The van der Waals surface area contributed by atoms with Gasteiger partial charge in [0.2, 0.25) is 0 Å². The molecule has 0 aliphatic rings. The van der Waals surface area contributed by atoms with E-state index in [1.165, 1.54) is 23.1 Å². The molecule has 2 N–H and O–H groups in total. The lowest BCUT2D eigenvalue weighted by atomic mass is 9.99. The molecule has 0 aliphatic carbocycles. The van der Waals surface area contributed by atoms with Crippen LogP contribution in [0.1, 0.15) is 37.0 Å². The van der Waals surface area contributed by atoms with Gasteiger partial charge in [0.25, 0.3) is 0 Å². The fourth-order valence-corrected chi connectivity index (χ4v) is 1.68. The van der Waals surface area contributed by atoms with Crippen LogP contribution in [-0.2, 0) is 12.8 Å². The Morgan fingerprint density at radius 2 is 1.92 bits per heavy atom. The molecule has 1 heteroatoms. The normalized spacial score (nSPS) is 10.4. The van der Waals surface area contributed by atoms with E-state index in [2.05, 4.69) is 32.9 Å². The molecule has 0 aliphatic heterocycles. The minimum atomic E-state index is 0.974. The molecule has 0 saturated carbocycles. The molecule has 0 aromatic heterocycles. The first-order valence-electron chi connectivity index (χ1n) is 5.06. The van der Waals surface area contributed by atoms with E-state index in [4.69, 9.17) is 5.73 Å². The van der Waals surface area contributed by atoms with Crippen molar-refractivity contribution in [1.82, 2.24) is 0 Å². The minimum Gasteiger partial charge on any atom is -0.398 e. The van der Waals surface area contributed by atoms with E-state index in [0.29, 0.717) is 0 Å². The predicted octanol–water partition coefficient (Wildman–Crippen LogP) is 3.09. The number of nitrogens with two attached hydrogens (primary N) is 1. The highest BCUT2D eigenvalue weighted by Gasteiger charge is 2.02. The smallest absolute Gasteiger partial charge is 0.0376 e. The topological polar surface area (TPSA) is 26.0 Å². The summed E-state index contributed by atoms with van der Waals surface area (Å²) in [6, 6.07) is 4.45. The summed E-state index contributed by atoms with van der Waals surface area (Å²) in [5.41, 5.74) is 10.9. The number of aryl methyl sites for hydroxylation is 3. The standard InChI is InChI=1S/C12H19N/c1-4-6-10-7-9(3)12(13)11(5-2)8-10/h7-8H,4-6,13H2,1-3H3. The molecule has 1 nitrogen and oxygen atoms in total. The molecule has 0 spiro atoms. The largest absolute Gasteiger partial charge is 0.398 e. The van der Waals surface area contributed by atoms with Gasteiger partial charge in [0.1, 0.15) is 0 Å². The first kappa shape index (κ1) is 10.1. The average molecular weight is 177 g/mol. The van der Waals surface area contributed by atoms with Crippen molar-refractivity contribution in [3.05, 3.63) is 28.8 Å². The monoisotopic (exact) mass is 177 g/mol. The third kappa shape index (κ3) is 2.24. The summed E-state index contributed by atoms with van der Waals surface area (Å²) < 4.78 is 0. The van der Waals surface area contributed by atoms with Gasteiger partial charge in [-0.2, -0.15) is 0 Å². The van der Waals surface area contributed by atoms with Crippen molar-refractivity contribution in [2.75, 3.05) is 5.73 Å². The molecule has 13 heavy (non-hydrogen) atoms. The zero-order valence-electron chi connectivity index (χ0n) is 8.85. The molecule has 0 heterocycles. The van der Waals surface area contributed by atoms with Gasteiger partial charge < -0.3 is 5.73 Å². The molecule has 72 valence electrons. The van der Waals surface area contributed by atoms with Crippen LogP contribution >= 0.6 is 0 Å². The van der Waals surface area contributed by atoms with E-state index < -0.39 is 0 Å². The summed E-state index contributed by atoms with van der Waals surface area (Å²) in [4.78, 5) is 0. The molecule has 0 bridgehead atoms. The number of benzene rings is 1. The van der Waals surface area contributed by atoms with Crippen LogP contribution in [0.15, 0.2) is 12.1 Å². The van der Waals surface area contributed by atoms with Gasteiger partial charge >= 0.3 is 0 Å². The summed E-state index contributed by atoms with van der Waals surface area (Å²) in [5.74, 6) is 0. The number of rotatable bonds is 3. The molecule has 0 fully saturated rings.